The van der Waals surface area contributed by atoms with Crippen molar-refractivity contribution in [2.75, 3.05) is 0 Å². The predicted octanol–water partition coefficient (Wildman–Crippen LogP) is 1.00. The number of carboxylic acid groups (broad SMARTS) is 1. The molecule has 0 saturated carbocycles. The van der Waals surface area contributed by atoms with Crippen LogP contribution in [0.3, 0.4) is 0 Å². The monoisotopic (exact) mass is 166 g/mol. The van der Waals surface area contributed by atoms with Gasteiger partial charge in [-0.1, -0.05) is 6.58 Å². The summed E-state index contributed by atoms with van der Waals surface area (Å²) in [7, 11) is 0. The summed E-state index contributed by atoms with van der Waals surface area (Å²) in [5, 5.41) is 8.62. The van der Waals surface area contributed by atoms with E-state index in [1.807, 2.05) is 6.92 Å². The third kappa shape index (κ3) is 1.37. The molecule has 0 unspecified atom stereocenters. The molecule has 0 fully saturated rings. The molecule has 0 radical (unpaired) electrons. The van der Waals surface area contributed by atoms with Crippen LogP contribution in [0.4, 0.5) is 0 Å². The van der Waals surface area contributed by atoms with Crippen LogP contribution in [0, 0.1) is 0 Å². The van der Waals surface area contributed by atoms with Gasteiger partial charge in [-0.25, -0.2) is 9.78 Å². The lowest BCUT2D eigenvalue weighted by molar-refractivity contribution is -0.130. The summed E-state index contributed by atoms with van der Waals surface area (Å²) < 4.78 is 1.73. The molecule has 4 heteroatoms. The van der Waals surface area contributed by atoms with Gasteiger partial charge in [-0.05, 0) is 6.92 Å². The maximum Gasteiger partial charge on any atom is 0.338 e. The SMILES string of the molecule is C=C(C(=O)O)c1nccn1CC. The molecule has 64 valence electrons. The summed E-state index contributed by atoms with van der Waals surface area (Å²) in [6.45, 7) is 6.04. The second kappa shape index (κ2) is 3.21. The minimum Gasteiger partial charge on any atom is -0.478 e. The molecular weight excluding hydrogens is 156 g/mol. The average Bonchev–Trinajstić information content (AvgIpc) is 2.49. The van der Waals surface area contributed by atoms with Crippen molar-refractivity contribution >= 4 is 11.5 Å². The molecule has 0 spiro atoms. The lowest BCUT2D eigenvalue weighted by Gasteiger charge is -2.02. The summed E-state index contributed by atoms with van der Waals surface area (Å²) >= 11 is 0. The van der Waals surface area contributed by atoms with Gasteiger partial charge in [-0.2, -0.15) is 0 Å². The summed E-state index contributed by atoms with van der Waals surface area (Å²) in [6.07, 6.45) is 3.29. The topological polar surface area (TPSA) is 55.1 Å². The van der Waals surface area contributed by atoms with E-state index in [9.17, 15) is 4.79 Å². The van der Waals surface area contributed by atoms with Crippen molar-refractivity contribution in [2.45, 2.75) is 13.5 Å². The first-order chi connectivity index (χ1) is 5.66. The molecule has 1 aromatic heterocycles. The average molecular weight is 166 g/mol. The molecule has 0 aliphatic rings. The standard InChI is InChI=1S/C8H10N2O2/c1-3-10-5-4-9-7(10)6(2)8(11)12/h4-5H,2-3H2,1H3,(H,11,12). The highest BCUT2D eigenvalue weighted by atomic mass is 16.4. The Kier molecular flexibility index (Phi) is 2.28. The van der Waals surface area contributed by atoms with E-state index >= 15 is 0 Å². The van der Waals surface area contributed by atoms with Gasteiger partial charge in [0.05, 0.1) is 5.57 Å². The highest BCUT2D eigenvalue weighted by molar-refractivity contribution is 6.13. The Morgan fingerprint density at radius 2 is 2.50 bits per heavy atom. The molecule has 4 nitrogen and oxygen atoms in total. The molecule has 1 aromatic rings. The van der Waals surface area contributed by atoms with Gasteiger partial charge in [-0.3, -0.25) is 0 Å². The van der Waals surface area contributed by atoms with Crippen LogP contribution in [-0.2, 0) is 11.3 Å². The van der Waals surface area contributed by atoms with E-state index in [1.54, 1.807) is 17.0 Å². The Labute approximate surface area is 70.2 Å². The van der Waals surface area contributed by atoms with Crippen LogP contribution in [0.5, 0.6) is 0 Å². The number of carboxylic acids is 1. The van der Waals surface area contributed by atoms with Gasteiger partial charge in [0.2, 0.25) is 0 Å². The molecule has 1 N–H and O–H groups in total. The van der Waals surface area contributed by atoms with E-state index in [1.165, 1.54) is 0 Å². The summed E-state index contributed by atoms with van der Waals surface area (Å²) in [6, 6.07) is 0. The molecule has 0 saturated heterocycles. The number of nitrogens with zero attached hydrogens (tertiary/aromatic N) is 2. The van der Waals surface area contributed by atoms with E-state index in [4.69, 9.17) is 5.11 Å². The minimum atomic E-state index is -1.03. The van der Waals surface area contributed by atoms with Crippen LogP contribution in [0.15, 0.2) is 19.0 Å². The van der Waals surface area contributed by atoms with E-state index in [-0.39, 0.29) is 5.57 Å². The van der Waals surface area contributed by atoms with Crippen LogP contribution >= 0.6 is 0 Å². The number of aliphatic carboxylic acids is 1. The number of aryl methyl sites for hydroxylation is 1. The van der Waals surface area contributed by atoms with Gasteiger partial charge < -0.3 is 9.67 Å². The van der Waals surface area contributed by atoms with Crippen molar-refractivity contribution in [3.05, 3.63) is 24.8 Å². The van der Waals surface area contributed by atoms with Gasteiger partial charge in [0.25, 0.3) is 0 Å². The van der Waals surface area contributed by atoms with Gasteiger partial charge in [0.1, 0.15) is 5.82 Å². The number of carbonyl (C=O) groups is 1. The Hall–Kier alpha value is -1.58. The fraction of sp³-hybridized carbons (Fsp3) is 0.250. The summed E-state index contributed by atoms with van der Waals surface area (Å²) in [4.78, 5) is 14.4. The Morgan fingerprint density at radius 3 is 3.00 bits per heavy atom. The van der Waals surface area contributed by atoms with Gasteiger partial charge >= 0.3 is 5.97 Å². The van der Waals surface area contributed by atoms with Crippen LogP contribution in [0.25, 0.3) is 5.57 Å². The fourth-order valence-electron chi connectivity index (χ4n) is 0.931. The fourth-order valence-corrected chi connectivity index (χ4v) is 0.931. The summed E-state index contributed by atoms with van der Waals surface area (Å²) in [5.41, 5.74) is 0.0295. The second-order valence-electron chi connectivity index (χ2n) is 2.32. The molecular formula is C8H10N2O2. The van der Waals surface area contributed by atoms with Crippen LogP contribution in [-0.4, -0.2) is 20.6 Å². The first-order valence-electron chi connectivity index (χ1n) is 3.60. The third-order valence-electron chi connectivity index (χ3n) is 1.58. The Balaban J connectivity index is 3.02. The summed E-state index contributed by atoms with van der Waals surface area (Å²) in [5.74, 6) is -0.610. The minimum absolute atomic E-state index is 0.0295. The van der Waals surface area contributed by atoms with Crippen LogP contribution in [0.2, 0.25) is 0 Å². The lowest BCUT2D eigenvalue weighted by Crippen LogP contribution is -2.06. The lowest BCUT2D eigenvalue weighted by atomic mass is 10.3. The highest BCUT2D eigenvalue weighted by Crippen LogP contribution is 2.09. The zero-order valence-corrected chi connectivity index (χ0v) is 6.82. The first-order valence-corrected chi connectivity index (χ1v) is 3.60. The number of hydrogen-bond donors (Lipinski definition) is 1. The van der Waals surface area contributed by atoms with Gasteiger partial charge in [-0.15, -0.1) is 0 Å². The van der Waals surface area contributed by atoms with Gasteiger partial charge in [0, 0.05) is 18.9 Å². The molecule has 0 aromatic carbocycles. The molecule has 0 aliphatic carbocycles. The number of aromatic nitrogens is 2. The Bertz CT molecular complexity index is 315. The molecule has 0 amide bonds. The normalized spacial score (nSPS) is 9.75. The van der Waals surface area contributed by atoms with E-state index in [2.05, 4.69) is 11.6 Å². The quantitative estimate of drug-likeness (QED) is 0.681. The Morgan fingerprint density at radius 1 is 1.83 bits per heavy atom. The number of hydrogen-bond acceptors (Lipinski definition) is 2. The van der Waals surface area contributed by atoms with Crippen molar-refractivity contribution in [3.63, 3.8) is 0 Å². The predicted molar refractivity (Wildman–Crippen MR) is 44.6 cm³/mol. The van der Waals surface area contributed by atoms with Crippen molar-refractivity contribution in [3.8, 4) is 0 Å². The molecule has 12 heavy (non-hydrogen) atoms. The number of imidazole rings is 1. The third-order valence-corrected chi connectivity index (χ3v) is 1.58. The van der Waals surface area contributed by atoms with E-state index < -0.39 is 5.97 Å². The van der Waals surface area contributed by atoms with Crippen LogP contribution in [0.1, 0.15) is 12.7 Å². The zero-order valence-electron chi connectivity index (χ0n) is 6.82. The molecule has 0 aliphatic heterocycles. The van der Waals surface area contributed by atoms with Crippen LogP contribution < -0.4 is 0 Å². The first kappa shape index (κ1) is 8.52. The smallest absolute Gasteiger partial charge is 0.338 e. The van der Waals surface area contributed by atoms with Crippen molar-refractivity contribution < 1.29 is 9.90 Å². The van der Waals surface area contributed by atoms with Crippen molar-refractivity contribution in [2.24, 2.45) is 0 Å². The van der Waals surface area contributed by atoms with E-state index in [0.29, 0.717) is 12.4 Å². The van der Waals surface area contributed by atoms with Gasteiger partial charge in [0.15, 0.2) is 0 Å². The van der Waals surface area contributed by atoms with Crippen molar-refractivity contribution in [1.82, 2.24) is 9.55 Å². The molecule has 1 rings (SSSR count). The molecule has 1 heterocycles. The maximum atomic E-state index is 10.5. The van der Waals surface area contributed by atoms with Crippen molar-refractivity contribution in [1.29, 1.82) is 0 Å². The second-order valence-corrected chi connectivity index (χ2v) is 2.32. The highest BCUT2D eigenvalue weighted by Gasteiger charge is 2.11. The largest absolute Gasteiger partial charge is 0.478 e. The number of rotatable bonds is 3. The molecule has 0 atom stereocenters. The molecule has 0 bridgehead atoms. The van der Waals surface area contributed by atoms with E-state index in [0.717, 1.165) is 0 Å². The zero-order chi connectivity index (χ0) is 9.14. The maximum absolute atomic E-state index is 10.5.